The van der Waals surface area contributed by atoms with Crippen LogP contribution in [0, 0.1) is 5.92 Å². The molecule has 3 heteroatoms. The first kappa shape index (κ1) is 16.3. The summed E-state index contributed by atoms with van der Waals surface area (Å²) < 4.78 is 0. The SMILES string of the molecule is CCCNC(C)CC(C)N1CCC2C(CCCN2C)C1. The Morgan fingerprint density at radius 3 is 2.75 bits per heavy atom. The van der Waals surface area contributed by atoms with Crippen molar-refractivity contribution in [3.8, 4) is 0 Å². The summed E-state index contributed by atoms with van der Waals surface area (Å²) >= 11 is 0. The smallest absolute Gasteiger partial charge is 0.0145 e. The minimum absolute atomic E-state index is 0.650. The van der Waals surface area contributed by atoms with Gasteiger partial charge in [-0.2, -0.15) is 0 Å². The first-order chi connectivity index (χ1) is 9.61. The number of piperidine rings is 2. The largest absolute Gasteiger partial charge is 0.314 e. The Balaban J connectivity index is 1.78. The predicted molar refractivity (Wildman–Crippen MR) is 87.2 cm³/mol. The number of nitrogens with zero attached hydrogens (tertiary/aromatic N) is 2. The summed E-state index contributed by atoms with van der Waals surface area (Å²) in [4.78, 5) is 5.37. The lowest BCUT2D eigenvalue weighted by Crippen LogP contribution is -2.55. The maximum atomic E-state index is 3.63. The number of fused-ring (bicyclic) bond motifs is 1. The number of rotatable bonds is 6. The molecule has 20 heavy (non-hydrogen) atoms. The van der Waals surface area contributed by atoms with Crippen LogP contribution in [-0.4, -0.2) is 61.2 Å². The zero-order chi connectivity index (χ0) is 14.5. The van der Waals surface area contributed by atoms with E-state index >= 15 is 0 Å². The number of hydrogen-bond donors (Lipinski definition) is 1. The average molecular weight is 281 g/mol. The van der Waals surface area contributed by atoms with Gasteiger partial charge in [0.2, 0.25) is 0 Å². The fourth-order valence-electron chi connectivity index (χ4n) is 4.22. The molecule has 4 atom stereocenters. The van der Waals surface area contributed by atoms with Gasteiger partial charge in [-0.05, 0) is 78.6 Å². The van der Waals surface area contributed by atoms with E-state index in [1.165, 1.54) is 51.7 Å². The molecular weight excluding hydrogens is 246 g/mol. The molecule has 0 aromatic rings. The second-order valence-corrected chi connectivity index (χ2v) is 7.17. The Labute approximate surface area is 126 Å². The first-order valence-electron chi connectivity index (χ1n) is 8.79. The summed E-state index contributed by atoms with van der Waals surface area (Å²) in [5, 5.41) is 3.63. The van der Waals surface area contributed by atoms with E-state index in [1.54, 1.807) is 0 Å². The van der Waals surface area contributed by atoms with Crippen molar-refractivity contribution in [3.63, 3.8) is 0 Å². The van der Waals surface area contributed by atoms with Crippen molar-refractivity contribution in [1.29, 1.82) is 0 Å². The summed E-state index contributed by atoms with van der Waals surface area (Å²) in [5.74, 6) is 0.920. The van der Waals surface area contributed by atoms with E-state index in [1.807, 2.05) is 0 Å². The lowest BCUT2D eigenvalue weighted by Gasteiger charge is -2.47. The maximum Gasteiger partial charge on any atom is 0.0145 e. The van der Waals surface area contributed by atoms with E-state index in [0.29, 0.717) is 6.04 Å². The molecule has 118 valence electrons. The molecule has 3 nitrogen and oxygen atoms in total. The van der Waals surface area contributed by atoms with Crippen molar-refractivity contribution in [1.82, 2.24) is 15.1 Å². The van der Waals surface area contributed by atoms with Crippen LogP contribution < -0.4 is 5.32 Å². The summed E-state index contributed by atoms with van der Waals surface area (Å²) in [7, 11) is 2.33. The molecule has 0 amide bonds. The van der Waals surface area contributed by atoms with Gasteiger partial charge in [0.25, 0.3) is 0 Å². The van der Waals surface area contributed by atoms with Crippen LogP contribution in [0.2, 0.25) is 0 Å². The zero-order valence-corrected chi connectivity index (χ0v) is 14.1. The van der Waals surface area contributed by atoms with E-state index in [9.17, 15) is 0 Å². The first-order valence-corrected chi connectivity index (χ1v) is 8.79. The molecule has 0 bridgehead atoms. The highest BCUT2D eigenvalue weighted by molar-refractivity contribution is 4.90. The summed E-state index contributed by atoms with van der Waals surface area (Å²) in [6, 6.07) is 2.24. The summed E-state index contributed by atoms with van der Waals surface area (Å²) in [6.07, 6.45) is 6.74. The number of likely N-dealkylation sites (tertiary alicyclic amines) is 2. The van der Waals surface area contributed by atoms with Crippen molar-refractivity contribution in [2.45, 2.75) is 71.0 Å². The van der Waals surface area contributed by atoms with Crippen molar-refractivity contribution in [3.05, 3.63) is 0 Å². The molecule has 0 spiro atoms. The third-order valence-corrected chi connectivity index (χ3v) is 5.44. The molecule has 2 aliphatic rings. The van der Waals surface area contributed by atoms with Gasteiger partial charge in [-0.1, -0.05) is 6.92 Å². The van der Waals surface area contributed by atoms with Gasteiger partial charge in [0.15, 0.2) is 0 Å². The average Bonchev–Trinajstić information content (AvgIpc) is 2.45. The van der Waals surface area contributed by atoms with Gasteiger partial charge in [-0.15, -0.1) is 0 Å². The van der Waals surface area contributed by atoms with Gasteiger partial charge in [0, 0.05) is 24.7 Å². The molecule has 0 aromatic heterocycles. The Morgan fingerprint density at radius 1 is 1.20 bits per heavy atom. The third kappa shape index (κ3) is 4.19. The maximum absolute atomic E-state index is 3.63. The van der Waals surface area contributed by atoms with E-state index in [-0.39, 0.29) is 0 Å². The van der Waals surface area contributed by atoms with E-state index in [4.69, 9.17) is 0 Å². The highest BCUT2D eigenvalue weighted by Crippen LogP contribution is 2.30. The quantitative estimate of drug-likeness (QED) is 0.807. The molecule has 0 aromatic carbocycles. The van der Waals surface area contributed by atoms with Gasteiger partial charge >= 0.3 is 0 Å². The van der Waals surface area contributed by atoms with Gasteiger partial charge in [-0.25, -0.2) is 0 Å². The van der Waals surface area contributed by atoms with Gasteiger partial charge in [0.05, 0.1) is 0 Å². The van der Waals surface area contributed by atoms with E-state index in [2.05, 4.69) is 42.9 Å². The van der Waals surface area contributed by atoms with Crippen LogP contribution in [0.3, 0.4) is 0 Å². The molecule has 0 aliphatic carbocycles. The molecule has 2 fully saturated rings. The molecule has 2 aliphatic heterocycles. The van der Waals surface area contributed by atoms with Gasteiger partial charge < -0.3 is 15.1 Å². The highest BCUT2D eigenvalue weighted by Gasteiger charge is 2.35. The Morgan fingerprint density at radius 2 is 2.00 bits per heavy atom. The molecule has 2 heterocycles. The number of hydrogen-bond acceptors (Lipinski definition) is 3. The Kier molecular flexibility index (Phi) is 6.31. The Bertz CT molecular complexity index is 281. The normalized spacial score (nSPS) is 31.8. The van der Waals surface area contributed by atoms with Crippen molar-refractivity contribution < 1.29 is 0 Å². The fourth-order valence-corrected chi connectivity index (χ4v) is 4.22. The van der Waals surface area contributed by atoms with Crippen molar-refractivity contribution in [2.24, 2.45) is 5.92 Å². The standard InChI is InChI=1S/C17H35N3/c1-5-9-18-14(2)12-15(3)20-11-8-17-16(13-20)7-6-10-19(17)4/h14-18H,5-13H2,1-4H3. The van der Waals surface area contributed by atoms with Crippen molar-refractivity contribution in [2.75, 3.05) is 33.2 Å². The molecular formula is C17H35N3. The van der Waals surface area contributed by atoms with E-state index < -0.39 is 0 Å². The van der Waals surface area contributed by atoms with Crippen LogP contribution in [0.5, 0.6) is 0 Å². The van der Waals surface area contributed by atoms with Gasteiger partial charge in [0.1, 0.15) is 0 Å². The monoisotopic (exact) mass is 281 g/mol. The molecule has 2 saturated heterocycles. The summed E-state index contributed by atoms with van der Waals surface area (Å²) in [6.45, 7) is 12.1. The lowest BCUT2D eigenvalue weighted by atomic mass is 9.83. The molecule has 4 unspecified atom stereocenters. The second-order valence-electron chi connectivity index (χ2n) is 7.17. The van der Waals surface area contributed by atoms with Gasteiger partial charge in [-0.3, -0.25) is 0 Å². The molecule has 0 radical (unpaired) electrons. The minimum atomic E-state index is 0.650. The van der Waals surface area contributed by atoms with E-state index in [0.717, 1.165) is 24.5 Å². The minimum Gasteiger partial charge on any atom is -0.314 e. The van der Waals surface area contributed by atoms with Crippen molar-refractivity contribution >= 4 is 0 Å². The van der Waals surface area contributed by atoms with Crippen LogP contribution in [0.4, 0.5) is 0 Å². The summed E-state index contributed by atoms with van der Waals surface area (Å²) in [5.41, 5.74) is 0. The van der Waals surface area contributed by atoms with Crippen LogP contribution in [-0.2, 0) is 0 Å². The predicted octanol–water partition coefficient (Wildman–Crippen LogP) is 2.57. The topological polar surface area (TPSA) is 18.5 Å². The molecule has 0 saturated carbocycles. The molecule has 1 N–H and O–H groups in total. The highest BCUT2D eigenvalue weighted by atomic mass is 15.2. The fraction of sp³-hybridized carbons (Fsp3) is 1.00. The third-order valence-electron chi connectivity index (χ3n) is 5.44. The zero-order valence-electron chi connectivity index (χ0n) is 14.1. The molecule has 2 rings (SSSR count). The Hall–Kier alpha value is -0.120. The number of nitrogens with one attached hydrogen (secondary N) is 1. The van der Waals surface area contributed by atoms with Crippen LogP contribution in [0.25, 0.3) is 0 Å². The van der Waals surface area contributed by atoms with Crippen LogP contribution >= 0.6 is 0 Å². The second kappa shape index (κ2) is 7.77. The van der Waals surface area contributed by atoms with Crippen LogP contribution in [0.15, 0.2) is 0 Å². The van der Waals surface area contributed by atoms with Crippen LogP contribution in [0.1, 0.15) is 52.9 Å². The lowest BCUT2D eigenvalue weighted by molar-refractivity contribution is 0.0203.